The van der Waals surface area contributed by atoms with Gasteiger partial charge in [-0.2, -0.15) is 13.2 Å². The molecule has 0 aliphatic rings. The summed E-state index contributed by atoms with van der Waals surface area (Å²) in [4.78, 5) is 35.7. The van der Waals surface area contributed by atoms with Crippen LogP contribution in [0.4, 0.5) is 18.9 Å². The first-order valence-electron chi connectivity index (χ1n) is 15.5. The Morgan fingerprint density at radius 1 is 0.843 bits per heavy atom. The molecule has 15 heteroatoms. The van der Waals surface area contributed by atoms with Gasteiger partial charge in [0, 0.05) is 11.3 Å². The maximum Gasteiger partial charge on any atom is 0.490 e. The number of hydrogen-bond donors (Lipinski definition) is 6. The number of aliphatic carboxylic acids is 1. The molecule has 12 nitrogen and oxygen atoms in total. The predicted octanol–water partition coefficient (Wildman–Crippen LogP) is 5.98. The molecule has 0 spiro atoms. The Kier molecular flexibility index (Phi) is 14.2. The highest BCUT2D eigenvalue weighted by atomic mass is 19.4. The van der Waals surface area contributed by atoms with Gasteiger partial charge in [0.25, 0.3) is 11.8 Å². The molecule has 0 fully saturated rings. The van der Waals surface area contributed by atoms with Crippen molar-refractivity contribution in [1.82, 2.24) is 10.9 Å². The average Bonchev–Trinajstić information content (AvgIpc) is 3.10. The summed E-state index contributed by atoms with van der Waals surface area (Å²) in [5, 5.41) is 18.0. The second-order valence-electron chi connectivity index (χ2n) is 10.9. The van der Waals surface area contributed by atoms with E-state index in [0.29, 0.717) is 40.7 Å². The number of para-hydroxylation sites is 1. The maximum absolute atomic E-state index is 13.6. The van der Waals surface area contributed by atoms with Crippen LogP contribution in [-0.2, 0) is 16.2 Å². The van der Waals surface area contributed by atoms with E-state index in [2.05, 4.69) is 16.2 Å². The third kappa shape index (κ3) is 12.3. The number of benzene rings is 4. The van der Waals surface area contributed by atoms with E-state index >= 15 is 0 Å². The molecule has 0 bridgehead atoms. The number of hydrazine groups is 1. The topological polar surface area (TPSA) is 185 Å². The van der Waals surface area contributed by atoms with E-state index in [0.717, 1.165) is 5.56 Å². The van der Waals surface area contributed by atoms with Crippen molar-refractivity contribution < 1.29 is 46.9 Å². The summed E-state index contributed by atoms with van der Waals surface area (Å²) in [6, 6.07) is 27.5. The zero-order valence-electron chi connectivity index (χ0n) is 27.9. The minimum atomic E-state index is -5.08. The molecule has 0 heterocycles. The normalized spacial score (nSPS) is 11.3. The van der Waals surface area contributed by atoms with E-state index in [-0.39, 0.29) is 24.1 Å². The predicted molar refractivity (Wildman–Crippen MR) is 184 cm³/mol. The van der Waals surface area contributed by atoms with Gasteiger partial charge in [-0.05, 0) is 80.4 Å². The van der Waals surface area contributed by atoms with Crippen LogP contribution in [0.1, 0.15) is 53.9 Å². The monoisotopic (exact) mass is 709 g/mol. The summed E-state index contributed by atoms with van der Waals surface area (Å²) in [5.74, 6) is -2.48. The van der Waals surface area contributed by atoms with E-state index in [4.69, 9.17) is 35.3 Å². The SMILES string of the molecule is CCOc1cc(C(Nc2ccc(C(=N)N)cc2)C(=O)NNC(=O)c2ccccc2OCc2ccccc2)ccc1OC(C)C.O=C(O)C(F)(F)F. The standard InChI is InChI=1S/C34H37N5O5.C2HF3O2/c1-4-42-30-20-25(16-19-29(30)44-22(2)3)31(37-26-17-14-24(15-18-26)32(35)36)34(41)39-38-33(40)27-12-8-9-13-28(27)43-21-23-10-6-5-7-11-23;3-2(4,5)1(6)7/h5-20,22,31,37H,4,21H2,1-3H3,(H3,35,36)(H,38,40)(H,39,41);(H,6,7). The molecule has 1 atom stereocenters. The number of anilines is 1. The van der Waals surface area contributed by atoms with Crippen LogP contribution >= 0.6 is 0 Å². The molecule has 7 N–H and O–H groups in total. The number of nitrogens with one attached hydrogen (secondary N) is 4. The summed E-state index contributed by atoms with van der Waals surface area (Å²) in [7, 11) is 0. The minimum absolute atomic E-state index is 0.0660. The summed E-state index contributed by atoms with van der Waals surface area (Å²) in [5.41, 5.74) is 13.6. The third-order valence-corrected chi connectivity index (χ3v) is 6.64. The number of carboxylic acid groups (broad SMARTS) is 1. The Balaban J connectivity index is 0.000000908. The molecule has 0 aromatic heterocycles. The number of hydrogen-bond acceptors (Lipinski definition) is 8. The summed E-state index contributed by atoms with van der Waals surface area (Å²) >= 11 is 0. The lowest BCUT2D eigenvalue weighted by Gasteiger charge is -2.22. The van der Waals surface area contributed by atoms with E-state index in [1.807, 2.05) is 51.1 Å². The minimum Gasteiger partial charge on any atom is -0.490 e. The second kappa shape index (κ2) is 18.5. The number of halogens is 3. The molecule has 4 rings (SSSR count). The van der Waals surface area contributed by atoms with Crippen molar-refractivity contribution in [1.29, 1.82) is 5.41 Å². The number of ether oxygens (including phenoxy) is 3. The van der Waals surface area contributed by atoms with Gasteiger partial charge in [-0.15, -0.1) is 0 Å². The van der Waals surface area contributed by atoms with E-state index < -0.39 is 30.0 Å². The Labute approximate surface area is 292 Å². The molecule has 0 aliphatic carbocycles. The first kappa shape index (κ1) is 39.2. The summed E-state index contributed by atoms with van der Waals surface area (Å²) in [6.07, 6.45) is -5.16. The summed E-state index contributed by atoms with van der Waals surface area (Å²) in [6.45, 7) is 6.38. The lowest BCUT2D eigenvalue weighted by molar-refractivity contribution is -0.192. The zero-order valence-corrected chi connectivity index (χ0v) is 27.9. The molecular formula is C36H38F3N5O7. The van der Waals surface area contributed by atoms with E-state index in [1.54, 1.807) is 66.7 Å². The first-order chi connectivity index (χ1) is 24.2. The van der Waals surface area contributed by atoms with Crippen molar-refractivity contribution in [2.45, 2.75) is 45.7 Å². The van der Waals surface area contributed by atoms with Crippen molar-refractivity contribution >= 4 is 29.3 Å². The number of amidine groups is 1. The van der Waals surface area contributed by atoms with Crippen LogP contribution < -0.4 is 36.1 Å². The summed E-state index contributed by atoms with van der Waals surface area (Å²) < 4.78 is 49.4. The Hall–Kier alpha value is -6.25. The molecule has 4 aromatic rings. The number of nitrogens with two attached hydrogens (primary N) is 1. The molecular weight excluding hydrogens is 671 g/mol. The van der Waals surface area contributed by atoms with Gasteiger partial charge in [0.15, 0.2) is 11.5 Å². The Morgan fingerprint density at radius 3 is 2.06 bits per heavy atom. The van der Waals surface area contributed by atoms with Crippen molar-refractivity contribution in [3.63, 3.8) is 0 Å². The number of carbonyl (C=O) groups is 3. The van der Waals surface area contributed by atoms with E-state index in [9.17, 15) is 22.8 Å². The smallest absolute Gasteiger partial charge is 0.490 e. The van der Waals surface area contributed by atoms with Crippen LogP contribution in [0.2, 0.25) is 0 Å². The van der Waals surface area contributed by atoms with Gasteiger partial charge < -0.3 is 30.4 Å². The van der Waals surface area contributed by atoms with Crippen molar-refractivity contribution in [3.05, 3.63) is 119 Å². The van der Waals surface area contributed by atoms with Crippen LogP contribution in [0, 0.1) is 5.41 Å². The van der Waals surface area contributed by atoms with Gasteiger partial charge in [-0.25, -0.2) is 4.79 Å². The van der Waals surface area contributed by atoms with E-state index in [1.165, 1.54) is 0 Å². The van der Waals surface area contributed by atoms with Gasteiger partial charge in [-0.3, -0.25) is 25.8 Å². The lowest BCUT2D eigenvalue weighted by Crippen LogP contribution is -2.45. The Morgan fingerprint density at radius 2 is 1.47 bits per heavy atom. The molecule has 2 amide bonds. The highest BCUT2D eigenvalue weighted by Crippen LogP contribution is 2.33. The molecule has 51 heavy (non-hydrogen) atoms. The molecule has 0 saturated carbocycles. The van der Waals surface area contributed by atoms with Crippen molar-refractivity contribution in [2.24, 2.45) is 5.73 Å². The molecule has 270 valence electrons. The highest BCUT2D eigenvalue weighted by Gasteiger charge is 2.38. The van der Waals surface area contributed by atoms with Crippen LogP contribution in [0.3, 0.4) is 0 Å². The zero-order chi connectivity index (χ0) is 37.6. The largest absolute Gasteiger partial charge is 0.490 e. The fourth-order valence-electron chi connectivity index (χ4n) is 4.31. The number of rotatable bonds is 13. The fourth-order valence-corrected chi connectivity index (χ4v) is 4.31. The van der Waals surface area contributed by atoms with Gasteiger partial charge in [0.05, 0.1) is 18.3 Å². The highest BCUT2D eigenvalue weighted by molar-refractivity contribution is 5.98. The van der Waals surface area contributed by atoms with Gasteiger partial charge in [0.2, 0.25) is 0 Å². The number of carboxylic acids is 1. The average molecular weight is 710 g/mol. The van der Waals surface area contributed by atoms with Crippen LogP contribution in [-0.4, -0.2) is 47.6 Å². The second-order valence-corrected chi connectivity index (χ2v) is 10.9. The number of nitrogen functional groups attached to an aromatic ring is 1. The first-order valence-corrected chi connectivity index (χ1v) is 15.5. The Bertz CT molecular complexity index is 1790. The fraction of sp³-hybridized carbons (Fsp3) is 0.222. The number of carbonyl (C=O) groups excluding carboxylic acids is 2. The quantitative estimate of drug-likeness (QED) is 0.0552. The lowest BCUT2D eigenvalue weighted by atomic mass is 10.0. The third-order valence-electron chi connectivity index (χ3n) is 6.64. The number of alkyl halides is 3. The molecule has 1 unspecified atom stereocenters. The van der Waals surface area contributed by atoms with Crippen LogP contribution in [0.5, 0.6) is 17.2 Å². The molecule has 0 saturated heterocycles. The van der Waals surface area contributed by atoms with Crippen LogP contribution in [0.15, 0.2) is 97.1 Å². The molecule has 4 aromatic carbocycles. The maximum atomic E-state index is 13.6. The van der Waals surface area contributed by atoms with Gasteiger partial charge >= 0.3 is 12.1 Å². The number of amides is 2. The van der Waals surface area contributed by atoms with Gasteiger partial charge in [0.1, 0.15) is 24.2 Å². The molecule has 0 aliphatic heterocycles. The van der Waals surface area contributed by atoms with Crippen LogP contribution in [0.25, 0.3) is 0 Å². The van der Waals surface area contributed by atoms with Crippen molar-refractivity contribution in [3.8, 4) is 17.2 Å². The van der Waals surface area contributed by atoms with Crippen molar-refractivity contribution in [2.75, 3.05) is 11.9 Å². The molecule has 0 radical (unpaired) electrons. The van der Waals surface area contributed by atoms with Gasteiger partial charge in [-0.1, -0.05) is 48.5 Å².